The van der Waals surface area contributed by atoms with Crippen molar-refractivity contribution in [3.05, 3.63) is 18.5 Å². The van der Waals surface area contributed by atoms with Crippen molar-refractivity contribution >= 4 is 12.1 Å². The first-order valence-electron chi connectivity index (χ1n) is 8.47. The molecular formula is C17H30N4O2. The van der Waals surface area contributed by atoms with Gasteiger partial charge >= 0.3 is 6.09 Å². The molecule has 0 spiro atoms. The Labute approximate surface area is 139 Å². The zero-order valence-electron chi connectivity index (χ0n) is 14.8. The Bertz CT molecular complexity index is 475. The lowest BCUT2D eigenvalue weighted by atomic mass is 10.1. The van der Waals surface area contributed by atoms with Crippen LogP contribution < -0.4 is 5.32 Å². The number of carbonyl (C=O) groups excluding carboxylic acids is 1. The summed E-state index contributed by atoms with van der Waals surface area (Å²) in [6.07, 6.45) is 10.1. The lowest BCUT2D eigenvalue weighted by Crippen LogP contribution is -2.40. The maximum absolute atomic E-state index is 11.9. The molecule has 6 nitrogen and oxygen atoms in total. The molecule has 1 rings (SSSR count). The third-order valence-electron chi connectivity index (χ3n) is 3.11. The van der Waals surface area contributed by atoms with E-state index in [1.165, 1.54) is 25.7 Å². The topological polar surface area (TPSA) is 68.5 Å². The highest BCUT2D eigenvalue weighted by atomic mass is 16.6. The SMILES string of the molecule is CCCCCCCCN=C(NC(=O)OC(C)(C)C)n1cccn1. The summed E-state index contributed by atoms with van der Waals surface area (Å²) in [5.74, 6) is 0.401. The number of hydrogen-bond acceptors (Lipinski definition) is 4. The molecule has 6 heteroatoms. The second-order valence-electron chi connectivity index (χ2n) is 6.55. The van der Waals surface area contributed by atoms with Crippen LogP contribution in [0.3, 0.4) is 0 Å². The highest BCUT2D eigenvalue weighted by Gasteiger charge is 2.18. The van der Waals surface area contributed by atoms with Gasteiger partial charge in [-0.25, -0.2) is 9.48 Å². The maximum atomic E-state index is 11.9. The van der Waals surface area contributed by atoms with Crippen LogP contribution in [0.1, 0.15) is 66.2 Å². The molecule has 0 saturated heterocycles. The van der Waals surface area contributed by atoms with E-state index >= 15 is 0 Å². The lowest BCUT2D eigenvalue weighted by molar-refractivity contribution is 0.0561. The first-order chi connectivity index (χ1) is 10.9. The van der Waals surface area contributed by atoms with Gasteiger partial charge in [0.05, 0.1) is 0 Å². The van der Waals surface area contributed by atoms with Gasteiger partial charge in [0.2, 0.25) is 5.96 Å². The predicted molar refractivity (Wildman–Crippen MR) is 92.7 cm³/mol. The predicted octanol–water partition coefficient (Wildman–Crippen LogP) is 3.97. The summed E-state index contributed by atoms with van der Waals surface area (Å²) in [6.45, 7) is 8.36. The summed E-state index contributed by atoms with van der Waals surface area (Å²) < 4.78 is 6.81. The Morgan fingerprint density at radius 3 is 2.52 bits per heavy atom. The molecule has 0 saturated carbocycles. The van der Waals surface area contributed by atoms with Crippen LogP contribution in [0.4, 0.5) is 4.79 Å². The van der Waals surface area contributed by atoms with Gasteiger partial charge in [-0.2, -0.15) is 5.10 Å². The van der Waals surface area contributed by atoms with Gasteiger partial charge in [0, 0.05) is 18.9 Å². The van der Waals surface area contributed by atoms with E-state index in [9.17, 15) is 4.79 Å². The number of rotatable bonds is 7. The number of aromatic nitrogens is 2. The molecule has 0 radical (unpaired) electrons. The fraction of sp³-hybridized carbons (Fsp3) is 0.706. The quantitative estimate of drug-likeness (QED) is 0.469. The molecule has 0 aliphatic heterocycles. The number of hydrogen-bond donors (Lipinski definition) is 1. The lowest BCUT2D eigenvalue weighted by Gasteiger charge is -2.20. The van der Waals surface area contributed by atoms with Crippen LogP contribution in [0, 0.1) is 0 Å². The Hall–Kier alpha value is -1.85. The average Bonchev–Trinajstić information content (AvgIpc) is 2.97. The van der Waals surface area contributed by atoms with Crippen LogP contribution in [-0.2, 0) is 4.74 Å². The molecule has 0 aliphatic carbocycles. The fourth-order valence-corrected chi connectivity index (χ4v) is 2.04. The number of amides is 1. The van der Waals surface area contributed by atoms with E-state index < -0.39 is 11.7 Å². The first-order valence-corrected chi connectivity index (χ1v) is 8.47. The molecular weight excluding hydrogens is 292 g/mol. The smallest absolute Gasteiger partial charge is 0.414 e. The van der Waals surface area contributed by atoms with Crippen molar-refractivity contribution in [2.45, 2.75) is 71.8 Å². The van der Waals surface area contributed by atoms with Crippen molar-refractivity contribution in [3.8, 4) is 0 Å². The molecule has 1 N–H and O–H groups in total. The first kappa shape index (κ1) is 19.2. The summed E-state index contributed by atoms with van der Waals surface area (Å²) in [4.78, 5) is 16.4. The number of nitrogens with one attached hydrogen (secondary N) is 1. The van der Waals surface area contributed by atoms with Gasteiger partial charge in [-0.1, -0.05) is 39.0 Å². The summed E-state index contributed by atoms with van der Waals surface area (Å²) in [5, 5.41) is 6.80. The highest BCUT2D eigenvalue weighted by molar-refractivity contribution is 5.94. The Morgan fingerprint density at radius 1 is 1.22 bits per heavy atom. The van der Waals surface area contributed by atoms with E-state index in [0.29, 0.717) is 12.5 Å². The minimum Gasteiger partial charge on any atom is -0.444 e. The standard InChI is InChI=1S/C17H30N4O2/c1-5-6-7-8-9-10-12-18-15(21-14-11-13-19-21)20-16(22)23-17(2,3)4/h11,13-14H,5-10,12H2,1-4H3,(H,18,20,22). The van der Waals surface area contributed by atoms with Gasteiger partial charge in [-0.3, -0.25) is 10.3 Å². The van der Waals surface area contributed by atoms with Crippen LogP contribution in [0.2, 0.25) is 0 Å². The van der Waals surface area contributed by atoms with E-state index in [4.69, 9.17) is 4.74 Å². The molecule has 0 unspecified atom stereocenters. The van der Waals surface area contributed by atoms with Crippen LogP contribution in [-0.4, -0.2) is 34.0 Å². The van der Waals surface area contributed by atoms with Crippen molar-refractivity contribution in [3.63, 3.8) is 0 Å². The van der Waals surface area contributed by atoms with Crippen molar-refractivity contribution in [2.24, 2.45) is 4.99 Å². The summed E-state index contributed by atoms with van der Waals surface area (Å²) in [7, 11) is 0. The second-order valence-corrected chi connectivity index (χ2v) is 6.55. The zero-order valence-corrected chi connectivity index (χ0v) is 14.8. The number of carbonyl (C=O) groups is 1. The van der Waals surface area contributed by atoms with Crippen LogP contribution in [0.15, 0.2) is 23.5 Å². The molecule has 1 heterocycles. The number of aliphatic imine (C=N–C) groups is 1. The fourth-order valence-electron chi connectivity index (χ4n) is 2.04. The number of nitrogens with zero attached hydrogens (tertiary/aromatic N) is 3. The van der Waals surface area contributed by atoms with Gasteiger partial charge in [0.1, 0.15) is 5.60 Å². The van der Waals surface area contributed by atoms with Crippen molar-refractivity contribution < 1.29 is 9.53 Å². The number of alkyl carbamates (subject to hydrolysis) is 1. The van der Waals surface area contributed by atoms with Crippen LogP contribution >= 0.6 is 0 Å². The van der Waals surface area contributed by atoms with Crippen molar-refractivity contribution in [1.29, 1.82) is 0 Å². The third kappa shape index (κ3) is 9.01. The van der Waals surface area contributed by atoms with Gasteiger partial charge in [0.25, 0.3) is 0 Å². The molecule has 0 bridgehead atoms. The molecule has 1 aromatic heterocycles. The van der Waals surface area contributed by atoms with Gasteiger partial charge in [-0.05, 0) is 33.3 Å². The largest absolute Gasteiger partial charge is 0.444 e. The van der Waals surface area contributed by atoms with Crippen molar-refractivity contribution in [1.82, 2.24) is 15.1 Å². The minimum absolute atomic E-state index is 0.401. The van der Waals surface area contributed by atoms with Gasteiger partial charge in [0.15, 0.2) is 0 Å². The summed E-state index contributed by atoms with van der Waals surface area (Å²) >= 11 is 0. The van der Waals surface area contributed by atoms with Crippen molar-refractivity contribution in [2.75, 3.05) is 6.54 Å². The summed E-state index contributed by atoms with van der Waals surface area (Å²) in [5.41, 5.74) is -0.543. The van der Waals surface area contributed by atoms with E-state index in [0.717, 1.165) is 12.8 Å². The third-order valence-corrected chi connectivity index (χ3v) is 3.11. The monoisotopic (exact) mass is 322 g/mol. The normalized spacial score (nSPS) is 12.3. The molecule has 130 valence electrons. The number of ether oxygens (including phenoxy) is 1. The molecule has 0 fully saturated rings. The molecule has 1 amide bonds. The van der Waals surface area contributed by atoms with Gasteiger partial charge in [-0.15, -0.1) is 0 Å². The molecule has 23 heavy (non-hydrogen) atoms. The van der Waals surface area contributed by atoms with Crippen LogP contribution in [0.5, 0.6) is 0 Å². The van der Waals surface area contributed by atoms with E-state index in [1.54, 1.807) is 23.1 Å². The van der Waals surface area contributed by atoms with E-state index in [-0.39, 0.29) is 0 Å². The molecule has 0 aromatic carbocycles. The second kappa shape index (κ2) is 10.0. The summed E-state index contributed by atoms with van der Waals surface area (Å²) in [6, 6.07) is 1.79. The van der Waals surface area contributed by atoms with Gasteiger partial charge < -0.3 is 4.74 Å². The number of unbranched alkanes of at least 4 members (excludes halogenated alkanes) is 5. The van der Waals surface area contributed by atoms with Crippen LogP contribution in [0.25, 0.3) is 0 Å². The minimum atomic E-state index is -0.543. The Morgan fingerprint density at radius 2 is 1.91 bits per heavy atom. The Balaban J connectivity index is 2.50. The van der Waals surface area contributed by atoms with E-state index in [2.05, 4.69) is 22.3 Å². The highest BCUT2D eigenvalue weighted by Crippen LogP contribution is 2.07. The Kier molecular flexibility index (Phi) is 8.37. The average molecular weight is 322 g/mol. The zero-order chi connectivity index (χ0) is 17.1. The maximum Gasteiger partial charge on any atom is 0.414 e. The molecule has 0 aliphatic rings. The molecule has 0 atom stereocenters. The molecule has 1 aromatic rings. The van der Waals surface area contributed by atoms with E-state index in [1.807, 2.05) is 20.8 Å².